The molecule has 6 rings (SSSR count). The highest BCUT2D eigenvalue weighted by molar-refractivity contribution is 9.10. The van der Waals surface area contributed by atoms with Gasteiger partial charge in [-0.05, 0) is 86.0 Å². The van der Waals surface area contributed by atoms with Crippen molar-refractivity contribution in [3.05, 3.63) is 137 Å². The molecule has 9 heteroatoms. The van der Waals surface area contributed by atoms with Crippen LogP contribution in [-0.4, -0.2) is 23.2 Å². The van der Waals surface area contributed by atoms with E-state index in [1.165, 1.54) is 11.3 Å². The lowest BCUT2D eigenvalue weighted by Crippen LogP contribution is -2.40. The van der Waals surface area contributed by atoms with Crippen LogP contribution in [0.3, 0.4) is 0 Å². The molecule has 4 aromatic carbocycles. The Balaban J connectivity index is 1.50. The zero-order valence-corrected chi connectivity index (χ0v) is 28.4. The van der Waals surface area contributed by atoms with E-state index in [-0.39, 0.29) is 11.7 Å². The van der Waals surface area contributed by atoms with Crippen molar-refractivity contribution < 1.29 is 19.0 Å². The van der Waals surface area contributed by atoms with Crippen molar-refractivity contribution in [2.75, 3.05) is 6.61 Å². The van der Waals surface area contributed by atoms with E-state index >= 15 is 0 Å². The van der Waals surface area contributed by atoms with E-state index in [1.807, 2.05) is 97.9 Å². The molecule has 0 spiro atoms. The van der Waals surface area contributed by atoms with Crippen molar-refractivity contribution >= 4 is 50.1 Å². The van der Waals surface area contributed by atoms with Gasteiger partial charge in [-0.25, -0.2) is 9.79 Å². The molecule has 0 saturated heterocycles. The molecular weight excluding hydrogens is 664 g/mol. The van der Waals surface area contributed by atoms with Gasteiger partial charge in [-0.15, -0.1) is 0 Å². The Labute approximate surface area is 279 Å². The van der Waals surface area contributed by atoms with E-state index in [1.54, 1.807) is 25.3 Å². The zero-order chi connectivity index (χ0) is 32.4. The van der Waals surface area contributed by atoms with Crippen LogP contribution in [0.25, 0.3) is 16.8 Å². The molecule has 1 aromatic heterocycles. The van der Waals surface area contributed by atoms with Gasteiger partial charge in [-0.3, -0.25) is 9.36 Å². The Morgan fingerprint density at radius 1 is 1.00 bits per heavy atom. The van der Waals surface area contributed by atoms with Crippen molar-refractivity contribution in [1.29, 1.82) is 0 Å². The maximum absolute atomic E-state index is 14.4. The molecule has 0 N–H and O–H groups in total. The van der Waals surface area contributed by atoms with Gasteiger partial charge in [0.2, 0.25) is 0 Å². The highest BCUT2D eigenvalue weighted by atomic mass is 79.9. The highest BCUT2D eigenvalue weighted by Gasteiger charge is 2.34. The first-order valence-corrected chi connectivity index (χ1v) is 16.7. The molecule has 0 radical (unpaired) electrons. The van der Waals surface area contributed by atoms with E-state index in [0.717, 1.165) is 31.9 Å². The smallest absolute Gasteiger partial charge is 0.338 e. The summed E-state index contributed by atoms with van der Waals surface area (Å²) in [6, 6.07) is 26.7. The number of nitrogens with zero attached hydrogens (tertiary/aromatic N) is 2. The fourth-order valence-electron chi connectivity index (χ4n) is 5.51. The van der Waals surface area contributed by atoms with Crippen molar-refractivity contribution in [2.45, 2.75) is 46.4 Å². The van der Waals surface area contributed by atoms with Crippen LogP contribution in [0.4, 0.5) is 0 Å². The maximum Gasteiger partial charge on any atom is 0.338 e. The van der Waals surface area contributed by atoms with Crippen LogP contribution < -0.4 is 24.4 Å². The average Bonchev–Trinajstić information content (AvgIpc) is 3.34. The second-order valence-electron chi connectivity index (χ2n) is 11.2. The summed E-state index contributed by atoms with van der Waals surface area (Å²) in [5.74, 6) is 0.868. The summed E-state index contributed by atoms with van der Waals surface area (Å²) in [7, 11) is 0. The molecule has 0 bridgehead atoms. The number of aromatic nitrogens is 1. The predicted molar refractivity (Wildman–Crippen MR) is 185 cm³/mol. The first-order chi connectivity index (χ1) is 22.2. The first-order valence-electron chi connectivity index (χ1n) is 15.1. The molecule has 2 heterocycles. The van der Waals surface area contributed by atoms with Gasteiger partial charge in [-0.2, -0.15) is 0 Å². The highest BCUT2D eigenvalue weighted by Crippen LogP contribution is 2.33. The summed E-state index contributed by atoms with van der Waals surface area (Å²) in [5, 5.41) is 1.99. The van der Waals surface area contributed by atoms with Crippen LogP contribution in [0.2, 0.25) is 0 Å². The number of carbonyl (C=O) groups is 1. The fraction of sp³-hybridized carbons (Fsp3) is 0.216. The minimum Gasteiger partial charge on any atom is -0.494 e. The standard InChI is InChI=1S/C37H33BrN2O5S/c1-5-43-28-17-12-26(13-18-28)34-33(36(42)45-22(2)3)23(4)39-37-40(34)35(41)32(46-37)20-30-29-9-7-6-8-25(29)14-19-31(30)44-21-24-10-15-27(38)16-11-24/h6-20,22,34H,5,21H2,1-4H3/b32-20+/t34-/m0/s1. The maximum atomic E-state index is 14.4. The molecule has 0 unspecified atom stereocenters. The number of benzene rings is 4. The topological polar surface area (TPSA) is 79.1 Å². The molecule has 1 aliphatic rings. The van der Waals surface area contributed by atoms with Crippen LogP contribution in [-0.2, 0) is 16.1 Å². The predicted octanol–water partition coefficient (Wildman–Crippen LogP) is 7.08. The first kappa shape index (κ1) is 31.5. The van der Waals surface area contributed by atoms with Crippen molar-refractivity contribution in [1.82, 2.24) is 4.57 Å². The molecule has 46 heavy (non-hydrogen) atoms. The third-order valence-corrected chi connectivity index (χ3v) is 9.12. The Hall–Kier alpha value is -4.47. The third-order valence-electron chi connectivity index (χ3n) is 7.60. The quantitative estimate of drug-likeness (QED) is 0.154. The number of fused-ring (bicyclic) bond motifs is 2. The monoisotopic (exact) mass is 696 g/mol. The van der Waals surface area contributed by atoms with Crippen LogP contribution in [0, 0.1) is 0 Å². The largest absolute Gasteiger partial charge is 0.494 e. The van der Waals surface area contributed by atoms with E-state index < -0.39 is 12.0 Å². The van der Waals surface area contributed by atoms with Gasteiger partial charge in [0.15, 0.2) is 4.80 Å². The number of hydrogen-bond acceptors (Lipinski definition) is 7. The summed E-state index contributed by atoms with van der Waals surface area (Å²) in [4.78, 5) is 33.1. The summed E-state index contributed by atoms with van der Waals surface area (Å²) in [5.41, 5.74) is 3.17. The molecule has 1 atom stereocenters. The molecule has 0 fully saturated rings. The van der Waals surface area contributed by atoms with Crippen molar-refractivity contribution in [3.8, 4) is 11.5 Å². The number of ether oxygens (including phenoxy) is 3. The number of hydrogen-bond donors (Lipinski definition) is 0. The zero-order valence-electron chi connectivity index (χ0n) is 26.0. The van der Waals surface area contributed by atoms with Crippen LogP contribution in [0.5, 0.6) is 11.5 Å². The Bertz CT molecular complexity index is 2130. The number of allylic oxidation sites excluding steroid dienone is 1. The van der Waals surface area contributed by atoms with Gasteiger partial charge in [0.1, 0.15) is 18.1 Å². The minimum atomic E-state index is -0.721. The summed E-state index contributed by atoms with van der Waals surface area (Å²) in [6.07, 6.45) is 1.55. The second kappa shape index (κ2) is 13.5. The van der Waals surface area contributed by atoms with Crippen molar-refractivity contribution in [2.24, 2.45) is 4.99 Å². The number of carbonyl (C=O) groups excluding carboxylic acids is 1. The van der Waals surface area contributed by atoms with Gasteiger partial charge >= 0.3 is 5.97 Å². The van der Waals surface area contributed by atoms with Gasteiger partial charge in [0.05, 0.1) is 34.6 Å². The molecule has 5 aromatic rings. The fourth-order valence-corrected chi connectivity index (χ4v) is 6.80. The lowest BCUT2D eigenvalue weighted by atomic mass is 9.95. The van der Waals surface area contributed by atoms with Crippen LogP contribution >= 0.6 is 27.3 Å². The number of halogens is 1. The van der Waals surface area contributed by atoms with E-state index in [2.05, 4.69) is 15.9 Å². The lowest BCUT2D eigenvalue weighted by molar-refractivity contribution is -0.143. The van der Waals surface area contributed by atoms with Gasteiger partial charge < -0.3 is 14.2 Å². The van der Waals surface area contributed by atoms with Gasteiger partial charge in [0, 0.05) is 10.0 Å². The van der Waals surface area contributed by atoms with Crippen LogP contribution in [0.15, 0.2) is 110 Å². The molecule has 0 amide bonds. The van der Waals surface area contributed by atoms with E-state index in [9.17, 15) is 9.59 Å². The van der Waals surface area contributed by atoms with E-state index in [4.69, 9.17) is 19.2 Å². The molecule has 7 nitrogen and oxygen atoms in total. The molecule has 0 saturated carbocycles. The number of esters is 1. The third kappa shape index (κ3) is 6.43. The number of rotatable bonds is 9. The summed E-state index contributed by atoms with van der Waals surface area (Å²) < 4.78 is 20.7. The molecular formula is C37H33BrN2O5S. The molecule has 234 valence electrons. The number of thiazole rings is 1. The second-order valence-corrected chi connectivity index (χ2v) is 13.1. The average molecular weight is 698 g/mol. The van der Waals surface area contributed by atoms with E-state index in [0.29, 0.717) is 45.3 Å². The molecule has 1 aliphatic heterocycles. The van der Waals surface area contributed by atoms with Gasteiger partial charge in [-0.1, -0.05) is 81.9 Å². The minimum absolute atomic E-state index is 0.253. The SMILES string of the molecule is CCOc1ccc([C@H]2C(C(=O)OC(C)C)=C(C)N=c3s/c(=C/c4c(OCc5ccc(Br)cc5)ccc5ccccc45)c(=O)n32)cc1. The molecule has 0 aliphatic carbocycles. The summed E-state index contributed by atoms with van der Waals surface area (Å²) >= 11 is 4.77. The van der Waals surface area contributed by atoms with Gasteiger partial charge in [0.25, 0.3) is 5.56 Å². The Morgan fingerprint density at radius 2 is 1.74 bits per heavy atom. The lowest BCUT2D eigenvalue weighted by Gasteiger charge is -2.25. The van der Waals surface area contributed by atoms with Crippen molar-refractivity contribution in [3.63, 3.8) is 0 Å². The summed E-state index contributed by atoms with van der Waals surface area (Å²) in [6.45, 7) is 8.21. The Morgan fingerprint density at radius 3 is 2.46 bits per heavy atom. The van der Waals surface area contributed by atoms with Crippen LogP contribution in [0.1, 0.15) is 50.4 Å². The normalized spacial score (nSPS) is 14.7. The Kier molecular flexibility index (Phi) is 9.24.